The van der Waals surface area contributed by atoms with E-state index < -0.39 is 32.6 Å². The first-order valence-corrected chi connectivity index (χ1v) is 9.56. The summed E-state index contributed by atoms with van der Waals surface area (Å²) in [5.41, 5.74) is 0. The second-order valence-electron chi connectivity index (χ2n) is 4.06. The predicted molar refractivity (Wildman–Crippen MR) is 74.8 cm³/mol. The number of hydrogen-bond donors (Lipinski definition) is 2. The second kappa shape index (κ2) is 10.5. The summed E-state index contributed by atoms with van der Waals surface area (Å²) in [6.45, 7) is 4.07. The van der Waals surface area contributed by atoms with Gasteiger partial charge in [0.25, 0.3) is 0 Å². The standard InChI is InChI=1S/C10H23NO7S2/c1-2-17-7-6-11-5-3-4-9-19(12,13)10-8-18-20(14,15)16/h11H,2-10H2,1H3,(H,14,15,16). The van der Waals surface area contributed by atoms with Gasteiger partial charge in [0.05, 0.1) is 24.7 Å². The van der Waals surface area contributed by atoms with Gasteiger partial charge in [-0.1, -0.05) is 0 Å². The van der Waals surface area contributed by atoms with Crippen LogP contribution >= 0.6 is 0 Å². The molecule has 8 nitrogen and oxygen atoms in total. The van der Waals surface area contributed by atoms with E-state index in [9.17, 15) is 16.8 Å². The lowest BCUT2D eigenvalue weighted by atomic mass is 10.3. The van der Waals surface area contributed by atoms with Crippen LogP contribution in [0.5, 0.6) is 0 Å². The molecule has 0 aliphatic heterocycles. The molecule has 0 aromatic heterocycles. The third-order valence-corrected chi connectivity index (χ3v) is 4.48. The van der Waals surface area contributed by atoms with Crippen LogP contribution in [0.3, 0.4) is 0 Å². The van der Waals surface area contributed by atoms with Crippen molar-refractivity contribution >= 4 is 20.2 Å². The molecule has 0 heterocycles. The van der Waals surface area contributed by atoms with Crippen LogP contribution in [0.4, 0.5) is 0 Å². The normalized spacial score (nSPS) is 12.7. The predicted octanol–water partition coefficient (Wildman–Crippen LogP) is -0.373. The van der Waals surface area contributed by atoms with E-state index in [1.807, 2.05) is 6.92 Å². The third-order valence-electron chi connectivity index (χ3n) is 2.31. The molecule has 0 rings (SSSR count). The van der Waals surface area contributed by atoms with Gasteiger partial charge in [-0.3, -0.25) is 4.55 Å². The van der Waals surface area contributed by atoms with Gasteiger partial charge in [-0.25, -0.2) is 12.6 Å². The first-order chi connectivity index (χ1) is 9.27. The van der Waals surface area contributed by atoms with Gasteiger partial charge in [-0.2, -0.15) is 8.42 Å². The summed E-state index contributed by atoms with van der Waals surface area (Å²) in [6, 6.07) is 0. The molecule has 122 valence electrons. The van der Waals surface area contributed by atoms with E-state index in [-0.39, 0.29) is 5.75 Å². The van der Waals surface area contributed by atoms with E-state index in [2.05, 4.69) is 9.50 Å². The largest absolute Gasteiger partial charge is 0.397 e. The lowest BCUT2D eigenvalue weighted by Crippen LogP contribution is -2.22. The van der Waals surface area contributed by atoms with Crippen molar-refractivity contribution in [3.05, 3.63) is 0 Å². The highest BCUT2D eigenvalue weighted by molar-refractivity contribution is 7.91. The maximum atomic E-state index is 11.5. The zero-order chi connectivity index (χ0) is 15.5. The number of hydrogen-bond acceptors (Lipinski definition) is 7. The number of unbranched alkanes of at least 4 members (excludes halogenated alkanes) is 1. The minimum absolute atomic E-state index is 0.0328. The van der Waals surface area contributed by atoms with Crippen molar-refractivity contribution in [3.8, 4) is 0 Å². The minimum Gasteiger partial charge on any atom is -0.380 e. The van der Waals surface area contributed by atoms with Crippen molar-refractivity contribution in [2.75, 3.05) is 44.4 Å². The van der Waals surface area contributed by atoms with Crippen molar-refractivity contribution in [1.29, 1.82) is 0 Å². The van der Waals surface area contributed by atoms with Crippen molar-refractivity contribution in [3.63, 3.8) is 0 Å². The molecule has 0 amide bonds. The summed E-state index contributed by atoms with van der Waals surface area (Å²) >= 11 is 0. The highest BCUT2D eigenvalue weighted by Crippen LogP contribution is 1.98. The number of sulfone groups is 1. The molecule has 0 fully saturated rings. The van der Waals surface area contributed by atoms with Crippen LogP contribution in [0.1, 0.15) is 19.8 Å². The second-order valence-corrected chi connectivity index (χ2v) is 7.45. The van der Waals surface area contributed by atoms with Crippen LogP contribution in [-0.4, -0.2) is 65.8 Å². The fraction of sp³-hybridized carbons (Fsp3) is 1.00. The lowest BCUT2D eigenvalue weighted by Gasteiger charge is -2.06. The lowest BCUT2D eigenvalue weighted by molar-refractivity contribution is 0.149. The number of ether oxygens (including phenoxy) is 1. The highest BCUT2D eigenvalue weighted by Gasteiger charge is 2.13. The molecular formula is C10H23NO7S2. The van der Waals surface area contributed by atoms with Gasteiger partial charge in [0, 0.05) is 13.2 Å². The Morgan fingerprint density at radius 1 is 1.00 bits per heavy atom. The molecule has 0 spiro atoms. The molecule has 10 heteroatoms. The van der Waals surface area contributed by atoms with Gasteiger partial charge in [0.15, 0.2) is 9.84 Å². The molecule has 0 bridgehead atoms. The average molecular weight is 333 g/mol. The Bertz CT molecular complexity index is 433. The molecule has 2 N–H and O–H groups in total. The first-order valence-electron chi connectivity index (χ1n) is 6.37. The van der Waals surface area contributed by atoms with E-state index in [0.29, 0.717) is 32.6 Å². The number of rotatable bonds is 13. The van der Waals surface area contributed by atoms with Gasteiger partial charge in [-0.15, -0.1) is 0 Å². The Morgan fingerprint density at radius 2 is 1.70 bits per heavy atom. The van der Waals surface area contributed by atoms with Crippen molar-refractivity contribution in [1.82, 2.24) is 5.32 Å². The van der Waals surface area contributed by atoms with Crippen LogP contribution in [0.25, 0.3) is 0 Å². The van der Waals surface area contributed by atoms with Crippen LogP contribution in [0.15, 0.2) is 0 Å². The van der Waals surface area contributed by atoms with E-state index in [4.69, 9.17) is 9.29 Å². The Labute approximate surface area is 120 Å². The fourth-order valence-electron chi connectivity index (χ4n) is 1.35. The first kappa shape index (κ1) is 19.7. The Hall–Kier alpha value is -0.260. The SMILES string of the molecule is CCOCCNCCCCS(=O)(=O)CCOS(=O)(=O)O. The molecule has 0 aliphatic rings. The molecular weight excluding hydrogens is 310 g/mol. The van der Waals surface area contributed by atoms with Crippen LogP contribution in [-0.2, 0) is 29.2 Å². The van der Waals surface area contributed by atoms with E-state index in [1.54, 1.807) is 0 Å². The molecule has 0 radical (unpaired) electrons. The summed E-state index contributed by atoms with van der Waals surface area (Å²) in [7, 11) is -7.93. The molecule has 0 atom stereocenters. The molecule has 20 heavy (non-hydrogen) atoms. The van der Waals surface area contributed by atoms with Crippen LogP contribution < -0.4 is 5.32 Å². The number of nitrogens with one attached hydrogen (secondary N) is 1. The average Bonchev–Trinajstić information content (AvgIpc) is 2.30. The topological polar surface area (TPSA) is 119 Å². The zero-order valence-electron chi connectivity index (χ0n) is 11.6. The summed E-state index contributed by atoms with van der Waals surface area (Å²) in [6.07, 6.45) is 1.18. The quantitative estimate of drug-likeness (QED) is 0.346. The van der Waals surface area contributed by atoms with Crippen LogP contribution in [0, 0.1) is 0 Å². The summed E-state index contributed by atoms with van der Waals surface area (Å²) < 4.78 is 60.9. The van der Waals surface area contributed by atoms with Crippen molar-refractivity contribution in [2.45, 2.75) is 19.8 Å². The summed E-state index contributed by atoms with van der Waals surface area (Å²) in [5.74, 6) is -0.459. The minimum atomic E-state index is -4.57. The third kappa shape index (κ3) is 14.2. The van der Waals surface area contributed by atoms with Crippen molar-refractivity contribution < 1.29 is 30.3 Å². The fourth-order valence-corrected chi connectivity index (χ4v) is 2.94. The molecule has 0 aromatic rings. The Morgan fingerprint density at radius 3 is 2.30 bits per heavy atom. The van der Waals surface area contributed by atoms with Gasteiger partial charge in [0.1, 0.15) is 0 Å². The maximum Gasteiger partial charge on any atom is 0.397 e. The van der Waals surface area contributed by atoms with E-state index >= 15 is 0 Å². The Kier molecular flexibility index (Phi) is 10.3. The molecule has 0 saturated heterocycles. The van der Waals surface area contributed by atoms with Crippen LogP contribution in [0.2, 0.25) is 0 Å². The van der Waals surface area contributed by atoms with E-state index in [0.717, 1.165) is 6.54 Å². The smallest absolute Gasteiger partial charge is 0.380 e. The molecule has 0 aromatic carbocycles. The van der Waals surface area contributed by atoms with Gasteiger partial charge in [-0.05, 0) is 26.3 Å². The Balaban J connectivity index is 3.58. The van der Waals surface area contributed by atoms with Gasteiger partial charge < -0.3 is 10.1 Å². The highest BCUT2D eigenvalue weighted by atomic mass is 32.3. The molecule has 0 saturated carbocycles. The summed E-state index contributed by atoms with van der Waals surface area (Å²) in [4.78, 5) is 0. The van der Waals surface area contributed by atoms with E-state index in [1.165, 1.54) is 0 Å². The van der Waals surface area contributed by atoms with Gasteiger partial charge >= 0.3 is 10.4 Å². The molecule has 0 unspecified atom stereocenters. The summed E-state index contributed by atoms with van der Waals surface area (Å²) in [5, 5.41) is 3.11. The zero-order valence-corrected chi connectivity index (χ0v) is 13.2. The monoisotopic (exact) mass is 333 g/mol. The maximum absolute atomic E-state index is 11.5. The molecule has 0 aliphatic carbocycles. The van der Waals surface area contributed by atoms with Gasteiger partial charge in [0.2, 0.25) is 0 Å². The van der Waals surface area contributed by atoms with Crippen molar-refractivity contribution in [2.24, 2.45) is 0 Å².